The van der Waals surface area contributed by atoms with Crippen LogP contribution >= 0.6 is 11.3 Å². The van der Waals surface area contributed by atoms with Crippen molar-refractivity contribution in [2.75, 3.05) is 18.5 Å². The summed E-state index contributed by atoms with van der Waals surface area (Å²) in [4.78, 5) is 47.6. The van der Waals surface area contributed by atoms with E-state index in [1.165, 1.54) is 38.1 Å². The summed E-state index contributed by atoms with van der Waals surface area (Å²) in [6.07, 6.45) is 0. The van der Waals surface area contributed by atoms with Crippen LogP contribution in [0.4, 0.5) is 16.4 Å². The van der Waals surface area contributed by atoms with E-state index < -0.39 is 34.2 Å². The van der Waals surface area contributed by atoms with Gasteiger partial charge in [0.2, 0.25) is 0 Å². The van der Waals surface area contributed by atoms with Crippen LogP contribution in [0, 0.1) is 17.0 Å². The first kappa shape index (κ1) is 26.1. The van der Waals surface area contributed by atoms with E-state index in [2.05, 4.69) is 15.5 Å². The predicted molar refractivity (Wildman–Crippen MR) is 123 cm³/mol. The number of esters is 2. The molecule has 0 unspecified atom stereocenters. The minimum Gasteiger partial charge on any atom is -0.510 e. The van der Waals surface area contributed by atoms with Crippen LogP contribution in [0.25, 0.3) is 0 Å². The number of azo groups is 1. The number of thiophene rings is 1. The van der Waals surface area contributed by atoms with E-state index in [9.17, 15) is 29.6 Å². The molecule has 1 heterocycles. The molecule has 2 N–H and O–H groups in total. The Morgan fingerprint density at radius 1 is 1.12 bits per heavy atom. The van der Waals surface area contributed by atoms with Crippen molar-refractivity contribution < 1.29 is 33.9 Å². The molecule has 2 rings (SSSR count). The molecule has 0 saturated carbocycles. The van der Waals surface area contributed by atoms with Gasteiger partial charge in [-0.25, -0.2) is 9.59 Å². The zero-order chi connectivity index (χ0) is 25.4. The fourth-order valence-electron chi connectivity index (χ4n) is 2.64. The summed E-state index contributed by atoms with van der Waals surface area (Å²) in [7, 11) is 0. The number of nitrogens with one attached hydrogen (secondary N) is 1. The second kappa shape index (κ2) is 11.7. The van der Waals surface area contributed by atoms with Gasteiger partial charge in [-0.3, -0.25) is 14.9 Å². The highest BCUT2D eigenvalue weighted by Gasteiger charge is 2.27. The zero-order valence-corrected chi connectivity index (χ0v) is 19.6. The van der Waals surface area contributed by atoms with Crippen LogP contribution in [0.2, 0.25) is 0 Å². The van der Waals surface area contributed by atoms with Crippen molar-refractivity contribution in [3.8, 4) is 0 Å². The van der Waals surface area contributed by atoms with Crippen molar-refractivity contribution in [3.63, 3.8) is 0 Å². The van der Waals surface area contributed by atoms with Gasteiger partial charge < -0.3 is 19.9 Å². The monoisotopic (exact) mass is 490 g/mol. The number of benzene rings is 1. The number of aliphatic hydroxyl groups is 1. The third-order valence-corrected chi connectivity index (χ3v) is 5.36. The number of carbonyl (C=O) groups is 3. The molecule has 12 nitrogen and oxygen atoms in total. The summed E-state index contributed by atoms with van der Waals surface area (Å²) in [5.41, 5.74) is -0.143. The number of allylic oxidation sites excluding steroid dienone is 1. The number of nitro groups is 1. The summed E-state index contributed by atoms with van der Waals surface area (Å²) in [5, 5.41) is 30.8. The topological polar surface area (TPSA) is 170 Å². The van der Waals surface area contributed by atoms with Crippen LogP contribution in [0.3, 0.4) is 0 Å². The van der Waals surface area contributed by atoms with E-state index in [4.69, 9.17) is 9.47 Å². The number of rotatable bonds is 9. The number of non-ortho nitro benzene ring substituents is 1. The largest absolute Gasteiger partial charge is 0.510 e. The summed E-state index contributed by atoms with van der Waals surface area (Å²) in [6.45, 7) is 6.20. The summed E-state index contributed by atoms with van der Waals surface area (Å²) in [6, 6.07) is 5.02. The predicted octanol–water partition coefficient (Wildman–Crippen LogP) is 4.83. The average molecular weight is 490 g/mol. The van der Waals surface area contributed by atoms with Gasteiger partial charge in [0.25, 0.3) is 11.6 Å². The second-order valence-corrected chi connectivity index (χ2v) is 7.57. The lowest BCUT2D eigenvalue weighted by atomic mass is 10.1. The number of ether oxygens (including phenoxy) is 2. The molecule has 0 aliphatic carbocycles. The highest BCUT2D eigenvalue weighted by atomic mass is 32.1. The maximum atomic E-state index is 12.6. The highest BCUT2D eigenvalue weighted by Crippen LogP contribution is 2.37. The molecule has 2 aromatic rings. The van der Waals surface area contributed by atoms with Gasteiger partial charge in [0.15, 0.2) is 10.7 Å². The minimum atomic E-state index is -0.853. The van der Waals surface area contributed by atoms with Crippen LogP contribution in [0.1, 0.15) is 46.4 Å². The van der Waals surface area contributed by atoms with Crippen LogP contribution < -0.4 is 5.32 Å². The molecule has 13 heteroatoms. The van der Waals surface area contributed by atoms with E-state index in [1.54, 1.807) is 13.8 Å². The van der Waals surface area contributed by atoms with Crippen molar-refractivity contribution in [1.29, 1.82) is 0 Å². The Balaban J connectivity index is 2.38. The SMILES string of the molecule is CCOC(=O)c1sc(N=N/C(C(=O)Nc2ccc([N+](=O)[O-])cc2)=C(\C)O)c(C(=O)OCC)c1C. The van der Waals surface area contributed by atoms with Gasteiger partial charge in [0.1, 0.15) is 16.2 Å². The van der Waals surface area contributed by atoms with Crippen LogP contribution in [-0.4, -0.2) is 41.1 Å². The fraction of sp³-hybridized carbons (Fsp3) is 0.286. The summed E-state index contributed by atoms with van der Waals surface area (Å²) < 4.78 is 10.0. The zero-order valence-electron chi connectivity index (χ0n) is 18.8. The molecular weight excluding hydrogens is 468 g/mol. The van der Waals surface area contributed by atoms with Crippen LogP contribution in [-0.2, 0) is 14.3 Å². The summed E-state index contributed by atoms with van der Waals surface area (Å²) >= 11 is 0.826. The lowest BCUT2D eigenvalue weighted by Crippen LogP contribution is -2.14. The number of hydrogen-bond donors (Lipinski definition) is 2. The third-order valence-electron chi connectivity index (χ3n) is 4.20. The molecule has 0 aliphatic heterocycles. The molecular formula is C21H22N4O8S. The number of nitrogens with zero attached hydrogens (tertiary/aromatic N) is 3. The van der Waals surface area contributed by atoms with Gasteiger partial charge in [0, 0.05) is 17.8 Å². The van der Waals surface area contributed by atoms with Crippen molar-refractivity contribution >= 4 is 45.6 Å². The molecule has 0 bridgehead atoms. The number of anilines is 1. The quantitative estimate of drug-likeness (QED) is 0.126. The van der Waals surface area contributed by atoms with Crippen molar-refractivity contribution in [1.82, 2.24) is 0 Å². The Labute approximate surface area is 198 Å². The molecule has 1 aromatic carbocycles. The van der Waals surface area contributed by atoms with Gasteiger partial charge >= 0.3 is 11.9 Å². The molecule has 0 spiro atoms. The van der Waals surface area contributed by atoms with Gasteiger partial charge in [-0.1, -0.05) is 0 Å². The Bertz CT molecular complexity index is 1160. The normalized spacial score (nSPS) is 11.6. The summed E-state index contributed by atoms with van der Waals surface area (Å²) in [5.74, 6) is -2.71. The van der Waals surface area contributed by atoms with E-state index >= 15 is 0 Å². The van der Waals surface area contributed by atoms with E-state index in [1.807, 2.05) is 0 Å². The number of hydrogen-bond acceptors (Lipinski definition) is 11. The Kier molecular flexibility index (Phi) is 8.95. The number of amides is 1. The van der Waals surface area contributed by atoms with Gasteiger partial charge in [-0.2, -0.15) is 0 Å². The number of nitro benzene ring substituents is 1. The smallest absolute Gasteiger partial charge is 0.348 e. The van der Waals surface area contributed by atoms with Crippen LogP contribution in [0.15, 0.2) is 46.0 Å². The number of carbonyl (C=O) groups excluding carboxylic acids is 3. The average Bonchev–Trinajstić information content (AvgIpc) is 3.10. The molecule has 34 heavy (non-hydrogen) atoms. The van der Waals surface area contributed by atoms with Crippen molar-refractivity contribution in [2.45, 2.75) is 27.7 Å². The standard InChI is InChI=1S/C21H22N4O8S/c1-5-32-20(28)15-11(3)17(21(29)33-6-2)34-19(15)24-23-16(12(4)26)18(27)22-13-7-9-14(10-8-13)25(30)31/h7-10,26H,5-6H2,1-4H3,(H,22,27)/b16-12+,24-23?. The van der Waals surface area contributed by atoms with Gasteiger partial charge in [0.05, 0.1) is 18.1 Å². The lowest BCUT2D eigenvalue weighted by molar-refractivity contribution is -0.384. The molecule has 180 valence electrons. The van der Waals surface area contributed by atoms with Crippen molar-refractivity contribution in [2.24, 2.45) is 10.2 Å². The van der Waals surface area contributed by atoms with Crippen molar-refractivity contribution in [3.05, 3.63) is 61.8 Å². The van der Waals surface area contributed by atoms with Crippen LogP contribution in [0.5, 0.6) is 0 Å². The molecule has 0 saturated heterocycles. The molecule has 0 atom stereocenters. The fourth-order valence-corrected chi connectivity index (χ4v) is 3.65. The maximum absolute atomic E-state index is 12.6. The Morgan fingerprint density at radius 3 is 2.24 bits per heavy atom. The molecule has 0 fully saturated rings. The van der Waals surface area contributed by atoms with E-state index in [0.29, 0.717) is 0 Å². The number of aliphatic hydroxyl groups excluding tert-OH is 1. The maximum Gasteiger partial charge on any atom is 0.348 e. The first-order chi connectivity index (χ1) is 16.1. The third kappa shape index (κ3) is 6.22. The first-order valence-electron chi connectivity index (χ1n) is 9.95. The van der Waals surface area contributed by atoms with Gasteiger partial charge in [-0.05, 0) is 45.4 Å². The lowest BCUT2D eigenvalue weighted by Gasteiger charge is -2.06. The molecule has 1 amide bonds. The highest BCUT2D eigenvalue weighted by molar-refractivity contribution is 7.18. The molecule has 1 aromatic heterocycles. The van der Waals surface area contributed by atoms with E-state index in [0.717, 1.165) is 11.3 Å². The Hall–Kier alpha value is -4.13. The van der Waals surface area contributed by atoms with E-state index in [-0.39, 0.29) is 45.6 Å². The Morgan fingerprint density at radius 2 is 1.71 bits per heavy atom. The molecule has 0 radical (unpaired) electrons. The second-order valence-electron chi connectivity index (χ2n) is 6.57. The molecule has 0 aliphatic rings. The minimum absolute atomic E-state index is 0.00984. The van der Waals surface area contributed by atoms with Gasteiger partial charge in [-0.15, -0.1) is 21.6 Å². The first-order valence-corrected chi connectivity index (χ1v) is 10.8.